The number of hydrazone groups is 2. The number of amides is 1. The molecule has 0 saturated heterocycles. The number of aromatic nitrogens is 1. The molecule has 0 radical (unpaired) electrons. The number of amidine groups is 1. The molecule has 1 saturated carbocycles. The van der Waals surface area contributed by atoms with Crippen molar-refractivity contribution >= 4 is 24.3 Å². The Morgan fingerprint density at radius 2 is 1.64 bits per heavy atom. The van der Waals surface area contributed by atoms with Gasteiger partial charge in [0, 0.05) is 12.3 Å². The zero-order chi connectivity index (χ0) is 27.4. The first-order chi connectivity index (χ1) is 18.9. The van der Waals surface area contributed by atoms with E-state index >= 15 is 0 Å². The molecule has 9 heteroatoms. The molecule has 0 aliphatic heterocycles. The summed E-state index contributed by atoms with van der Waals surface area (Å²) in [7, 11) is 0. The van der Waals surface area contributed by atoms with Gasteiger partial charge >= 0.3 is 6.09 Å². The van der Waals surface area contributed by atoms with Crippen LogP contribution in [0.1, 0.15) is 42.7 Å². The molecule has 1 fully saturated rings. The van der Waals surface area contributed by atoms with Crippen molar-refractivity contribution in [2.75, 3.05) is 5.32 Å². The fraction of sp³-hybridized carbons (Fsp3) is 0.200. The Kier molecular flexibility index (Phi) is 7.14. The third-order valence-corrected chi connectivity index (χ3v) is 7.08. The van der Waals surface area contributed by atoms with Gasteiger partial charge in [0.25, 0.3) is 0 Å². The normalized spacial score (nSPS) is 14.8. The largest absolute Gasteiger partial charge is 0.441 e. The molecule has 0 bridgehead atoms. The van der Waals surface area contributed by atoms with Gasteiger partial charge < -0.3 is 15.1 Å². The minimum absolute atomic E-state index is 0.230. The number of nitrogens with one attached hydrogen (secondary N) is 2. The number of benzene rings is 3. The molecule has 1 amide bonds. The number of rotatable bonds is 8. The molecule has 3 aromatic carbocycles. The lowest BCUT2D eigenvalue weighted by Crippen LogP contribution is -2.32. The second-order valence-electron chi connectivity index (χ2n) is 9.54. The van der Waals surface area contributed by atoms with Crippen LogP contribution in [0.15, 0.2) is 93.6 Å². The average molecular weight is 523 g/mol. The zero-order valence-corrected chi connectivity index (χ0v) is 21.8. The zero-order valence-electron chi connectivity index (χ0n) is 21.8. The fourth-order valence-corrected chi connectivity index (χ4v) is 4.72. The van der Waals surface area contributed by atoms with Gasteiger partial charge in [-0.15, -0.1) is 0 Å². The monoisotopic (exact) mass is 522 g/mol. The van der Waals surface area contributed by atoms with Crippen LogP contribution >= 0.6 is 0 Å². The second-order valence-corrected chi connectivity index (χ2v) is 9.54. The molecule has 0 unspecified atom stereocenters. The van der Waals surface area contributed by atoms with Gasteiger partial charge in [0.1, 0.15) is 17.5 Å². The number of anilines is 1. The van der Waals surface area contributed by atoms with E-state index in [9.17, 15) is 4.79 Å². The first-order valence-corrected chi connectivity index (χ1v) is 12.7. The summed E-state index contributed by atoms with van der Waals surface area (Å²) in [5.41, 5.74) is 8.55. The predicted octanol–water partition coefficient (Wildman–Crippen LogP) is 6.14. The Labute approximate surface area is 226 Å². The molecule has 1 aliphatic carbocycles. The number of hydrogen-bond acceptors (Lipinski definition) is 7. The van der Waals surface area contributed by atoms with Crippen LogP contribution < -0.4 is 16.6 Å². The van der Waals surface area contributed by atoms with Gasteiger partial charge in [-0.1, -0.05) is 84.0 Å². The highest BCUT2D eigenvalue weighted by molar-refractivity contribution is 5.96. The molecule has 1 heterocycles. The third kappa shape index (κ3) is 5.24. The van der Waals surface area contributed by atoms with Gasteiger partial charge in [-0.05, 0) is 48.9 Å². The minimum Gasteiger partial charge on any atom is -0.441 e. The van der Waals surface area contributed by atoms with Gasteiger partial charge in [0.15, 0.2) is 11.6 Å². The van der Waals surface area contributed by atoms with Crippen LogP contribution in [0.5, 0.6) is 0 Å². The Morgan fingerprint density at radius 3 is 2.23 bits per heavy atom. The van der Waals surface area contributed by atoms with Gasteiger partial charge in [0.2, 0.25) is 0 Å². The van der Waals surface area contributed by atoms with E-state index in [1.54, 1.807) is 6.92 Å². The van der Waals surface area contributed by atoms with Crippen molar-refractivity contribution in [2.24, 2.45) is 16.0 Å². The van der Waals surface area contributed by atoms with Crippen LogP contribution in [0.3, 0.4) is 0 Å². The van der Waals surface area contributed by atoms with E-state index in [0.717, 1.165) is 40.7 Å². The lowest BCUT2D eigenvalue weighted by atomic mass is 9.92. The molecule has 4 N–H and O–H groups in total. The maximum Gasteiger partial charge on any atom is 0.412 e. The summed E-state index contributed by atoms with van der Waals surface area (Å²) in [6.07, 6.45) is 0.918. The number of nitrogens with two attached hydrogens (primary N) is 1. The van der Waals surface area contributed by atoms with Crippen molar-refractivity contribution in [1.82, 2.24) is 10.6 Å². The number of hydrogen-bond donors (Lipinski definition) is 3. The quantitative estimate of drug-likeness (QED) is 0.110. The first kappa shape index (κ1) is 25.7. The highest BCUT2D eigenvalue weighted by Gasteiger charge is 2.49. The molecule has 1 atom stereocenters. The highest BCUT2D eigenvalue weighted by atomic mass is 16.6. The van der Waals surface area contributed by atoms with Gasteiger partial charge in [-0.25, -0.2) is 4.79 Å². The molecule has 1 aliphatic rings. The van der Waals surface area contributed by atoms with Crippen LogP contribution in [0.4, 0.5) is 10.5 Å². The van der Waals surface area contributed by atoms with Crippen LogP contribution in [0, 0.1) is 6.92 Å². The molecule has 0 spiro atoms. The van der Waals surface area contributed by atoms with Gasteiger partial charge in [-0.3, -0.25) is 10.7 Å². The van der Waals surface area contributed by atoms with Crippen molar-refractivity contribution < 1.29 is 14.1 Å². The van der Waals surface area contributed by atoms with Crippen molar-refractivity contribution in [1.29, 1.82) is 0 Å². The summed E-state index contributed by atoms with van der Waals surface area (Å²) >= 11 is 0. The van der Waals surface area contributed by atoms with E-state index in [1.807, 2.05) is 61.5 Å². The molecule has 1 aromatic heterocycles. The minimum atomic E-state index is -0.578. The van der Waals surface area contributed by atoms with Crippen molar-refractivity contribution in [3.63, 3.8) is 0 Å². The van der Waals surface area contributed by atoms with E-state index in [1.165, 1.54) is 0 Å². The van der Waals surface area contributed by atoms with Gasteiger partial charge in [0.05, 0.1) is 5.41 Å². The van der Waals surface area contributed by atoms with E-state index in [4.69, 9.17) is 15.1 Å². The molecule has 198 valence electrons. The van der Waals surface area contributed by atoms with Crippen molar-refractivity contribution in [2.45, 2.75) is 38.2 Å². The summed E-state index contributed by atoms with van der Waals surface area (Å²) in [4.78, 5) is 12.6. The number of carbonyl (C=O) groups is 1. The first-order valence-electron chi connectivity index (χ1n) is 12.7. The van der Waals surface area contributed by atoms with E-state index in [-0.39, 0.29) is 5.41 Å². The van der Waals surface area contributed by atoms with E-state index < -0.39 is 12.2 Å². The summed E-state index contributed by atoms with van der Waals surface area (Å²) in [6.45, 7) is 7.07. The lowest BCUT2D eigenvalue weighted by Gasteiger charge is -2.17. The number of ether oxygens (including phenoxy) is 1. The maximum absolute atomic E-state index is 12.6. The van der Waals surface area contributed by atoms with Crippen LogP contribution in [0.25, 0.3) is 22.5 Å². The SMILES string of the molecule is C=NNC(=NN)C1(c2ccc(-c3ccc(-c4onc(C)c4NC(=O)O[C@H](C)c4ccccc4)cc3)cc2)CC1. The van der Waals surface area contributed by atoms with Crippen molar-refractivity contribution in [3.05, 3.63) is 95.7 Å². The number of aryl methyl sites for hydroxylation is 1. The average Bonchev–Trinajstić information content (AvgIpc) is 3.70. The standard InChI is InChI=1S/C30H30N6O3/c1-19-26(33-29(37)38-20(2)21-7-5-4-6-8-21)27(39-36-19)24-11-9-22(10-12-24)23-13-15-25(16-14-23)30(17-18-30)28(34-31)35-32-3/h4-16,20H,3,17-18,31H2,1-2H3,(H,33,37)(H,34,35)/t20-/m1/s1. The molecule has 4 aromatic rings. The third-order valence-electron chi connectivity index (χ3n) is 7.08. The molecule has 5 rings (SSSR count). The smallest absolute Gasteiger partial charge is 0.412 e. The number of carbonyl (C=O) groups excluding carboxylic acids is 1. The maximum atomic E-state index is 12.6. The second kappa shape index (κ2) is 10.8. The van der Waals surface area contributed by atoms with Crippen LogP contribution in [-0.2, 0) is 10.2 Å². The summed E-state index contributed by atoms with van der Waals surface area (Å²) in [6, 6.07) is 25.8. The van der Waals surface area contributed by atoms with Crippen molar-refractivity contribution in [3.8, 4) is 22.5 Å². The Hall–Kier alpha value is -4.92. The fourth-order valence-electron chi connectivity index (χ4n) is 4.72. The molecular formula is C30H30N6O3. The lowest BCUT2D eigenvalue weighted by molar-refractivity contribution is 0.121. The Balaban J connectivity index is 1.30. The van der Waals surface area contributed by atoms with Crippen LogP contribution in [-0.4, -0.2) is 23.8 Å². The predicted molar refractivity (Wildman–Crippen MR) is 152 cm³/mol. The Morgan fingerprint density at radius 1 is 1.03 bits per heavy atom. The number of nitrogens with zero attached hydrogens (tertiary/aromatic N) is 3. The molecule has 9 nitrogen and oxygen atoms in total. The van der Waals surface area contributed by atoms with E-state index in [2.05, 4.69) is 57.1 Å². The summed E-state index contributed by atoms with van der Waals surface area (Å²) < 4.78 is 11.1. The topological polar surface area (TPSA) is 127 Å². The highest BCUT2D eigenvalue weighted by Crippen LogP contribution is 2.49. The Bertz CT molecular complexity index is 1490. The van der Waals surface area contributed by atoms with Crippen LogP contribution in [0.2, 0.25) is 0 Å². The van der Waals surface area contributed by atoms with Gasteiger partial charge in [-0.2, -0.15) is 10.2 Å². The molecule has 39 heavy (non-hydrogen) atoms. The summed E-state index contributed by atoms with van der Waals surface area (Å²) in [5, 5.41) is 14.5. The summed E-state index contributed by atoms with van der Waals surface area (Å²) in [5.74, 6) is 6.67. The van der Waals surface area contributed by atoms with E-state index in [0.29, 0.717) is 23.0 Å². The molecular weight excluding hydrogens is 492 g/mol.